The van der Waals surface area contributed by atoms with Gasteiger partial charge in [0, 0.05) is 31.6 Å². The van der Waals surface area contributed by atoms with E-state index in [0.717, 1.165) is 18.7 Å². The predicted molar refractivity (Wildman–Crippen MR) is 116 cm³/mol. The first kappa shape index (κ1) is 22.0. The van der Waals surface area contributed by atoms with E-state index in [1.807, 2.05) is 7.05 Å². The topological polar surface area (TPSA) is 65.0 Å². The molecule has 9 heteroatoms. The molecule has 2 aliphatic heterocycles. The second-order valence-electron chi connectivity index (χ2n) is 8.10. The molecule has 0 saturated carbocycles. The molecule has 2 aromatic carbocycles. The molecule has 1 fully saturated rings. The molecule has 0 aliphatic carbocycles. The van der Waals surface area contributed by atoms with Crippen molar-refractivity contribution in [1.29, 1.82) is 0 Å². The summed E-state index contributed by atoms with van der Waals surface area (Å²) in [5.74, 6) is -0.206. The quantitative estimate of drug-likeness (QED) is 0.643. The number of urea groups is 1. The number of nitrogens with one attached hydrogen (secondary N) is 1. The molecular formula is C22H24BrF2N3O3. The first-order valence-electron chi connectivity index (χ1n) is 10.1. The molecular weight excluding hydrogens is 472 g/mol. The largest absolute Gasteiger partial charge is 0.493 e. The number of aliphatic hydroxyl groups excluding tert-OH is 1. The van der Waals surface area contributed by atoms with Crippen molar-refractivity contribution in [2.24, 2.45) is 5.92 Å². The van der Waals surface area contributed by atoms with Crippen LogP contribution in [-0.4, -0.2) is 55.9 Å². The smallest absolute Gasteiger partial charge is 0.322 e. The fraction of sp³-hybridized carbons (Fsp3) is 0.409. The van der Waals surface area contributed by atoms with Crippen molar-refractivity contribution in [3.05, 3.63) is 57.6 Å². The number of carbonyl (C=O) groups is 1. The van der Waals surface area contributed by atoms with E-state index in [1.165, 1.54) is 23.1 Å². The van der Waals surface area contributed by atoms with Gasteiger partial charge in [0.2, 0.25) is 0 Å². The Hall–Kier alpha value is -2.23. The van der Waals surface area contributed by atoms with Crippen LogP contribution >= 0.6 is 15.9 Å². The van der Waals surface area contributed by atoms with E-state index in [4.69, 9.17) is 4.74 Å². The van der Waals surface area contributed by atoms with Crippen LogP contribution in [0.1, 0.15) is 17.2 Å². The number of aliphatic hydroxyl groups is 1. The normalized spacial score (nSPS) is 17.3. The Morgan fingerprint density at radius 1 is 1.29 bits per heavy atom. The molecule has 0 spiro atoms. The highest BCUT2D eigenvalue weighted by atomic mass is 79.9. The van der Waals surface area contributed by atoms with Crippen molar-refractivity contribution in [1.82, 2.24) is 10.2 Å². The molecule has 2 N–H and O–H groups in total. The van der Waals surface area contributed by atoms with E-state index in [0.29, 0.717) is 47.0 Å². The predicted octanol–water partition coefficient (Wildman–Crippen LogP) is 3.47. The van der Waals surface area contributed by atoms with Crippen LogP contribution in [0.25, 0.3) is 0 Å². The number of rotatable bonds is 6. The van der Waals surface area contributed by atoms with Crippen LogP contribution in [0.15, 0.2) is 34.8 Å². The number of ether oxygens (including phenoxy) is 1. The summed E-state index contributed by atoms with van der Waals surface area (Å²) in [6, 6.07) is 5.85. The van der Waals surface area contributed by atoms with Crippen molar-refractivity contribution in [3.8, 4) is 5.75 Å². The number of benzene rings is 2. The van der Waals surface area contributed by atoms with E-state index >= 15 is 0 Å². The average Bonchev–Trinajstić information content (AvgIpc) is 3.11. The molecule has 6 nitrogen and oxygen atoms in total. The summed E-state index contributed by atoms with van der Waals surface area (Å²) in [6.07, 6.45) is 0.597. The maximum Gasteiger partial charge on any atom is 0.322 e. The van der Waals surface area contributed by atoms with E-state index < -0.39 is 30.3 Å². The third-order valence-corrected chi connectivity index (χ3v) is 6.27. The van der Waals surface area contributed by atoms with Gasteiger partial charge >= 0.3 is 6.03 Å². The highest BCUT2D eigenvalue weighted by Crippen LogP contribution is 2.33. The van der Waals surface area contributed by atoms with Gasteiger partial charge in [-0.3, -0.25) is 4.90 Å². The number of anilines is 1. The van der Waals surface area contributed by atoms with E-state index in [1.54, 1.807) is 12.1 Å². The molecule has 0 bridgehead atoms. The molecule has 1 atom stereocenters. The molecule has 0 aromatic heterocycles. The lowest BCUT2D eigenvalue weighted by Gasteiger charge is -2.35. The molecule has 2 heterocycles. The summed E-state index contributed by atoms with van der Waals surface area (Å²) in [6.45, 7) is 2.33. The van der Waals surface area contributed by atoms with Gasteiger partial charge in [0.05, 0.1) is 29.4 Å². The second kappa shape index (κ2) is 9.10. The standard InChI is InChI=1S/C22H24BrF2N3O3/c1-27-9-13(10-27)12-31-17-5-15(4-16(24)7-17)20(11-29)26-22(30)28-3-2-14-6-18(23)19(25)8-21(14)28/h4-8,13,20,29H,2-3,9-12H2,1H3,(H,26,30). The first-order chi connectivity index (χ1) is 14.8. The zero-order valence-corrected chi connectivity index (χ0v) is 18.7. The molecule has 166 valence electrons. The summed E-state index contributed by atoms with van der Waals surface area (Å²) >= 11 is 3.16. The Morgan fingerprint density at radius 2 is 2.06 bits per heavy atom. The van der Waals surface area contributed by atoms with Crippen LogP contribution in [0, 0.1) is 17.6 Å². The third kappa shape index (κ3) is 4.83. The van der Waals surface area contributed by atoms with Gasteiger partial charge in [0.15, 0.2) is 0 Å². The lowest BCUT2D eigenvalue weighted by Crippen LogP contribution is -2.46. The summed E-state index contributed by atoms with van der Waals surface area (Å²) in [4.78, 5) is 16.4. The second-order valence-corrected chi connectivity index (χ2v) is 8.95. The Bertz CT molecular complexity index is 985. The van der Waals surface area contributed by atoms with Gasteiger partial charge in [-0.15, -0.1) is 0 Å². The van der Waals surface area contributed by atoms with E-state index in [-0.39, 0.29) is 0 Å². The number of nitrogens with zero attached hydrogens (tertiary/aromatic N) is 2. The third-order valence-electron chi connectivity index (χ3n) is 5.66. The number of likely N-dealkylation sites (tertiary alicyclic amines) is 1. The van der Waals surface area contributed by atoms with Gasteiger partial charge in [-0.25, -0.2) is 13.6 Å². The van der Waals surface area contributed by atoms with Crippen molar-refractivity contribution in [3.63, 3.8) is 0 Å². The fourth-order valence-corrected chi connectivity index (χ4v) is 4.46. The minimum atomic E-state index is -0.829. The Morgan fingerprint density at radius 3 is 2.77 bits per heavy atom. The molecule has 2 aromatic rings. The Kier molecular flexibility index (Phi) is 6.45. The highest BCUT2D eigenvalue weighted by Gasteiger charge is 2.28. The monoisotopic (exact) mass is 495 g/mol. The van der Waals surface area contributed by atoms with Gasteiger partial charge in [-0.2, -0.15) is 0 Å². The lowest BCUT2D eigenvalue weighted by atomic mass is 10.0. The molecule has 0 radical (unpaired) electrons. The maximum absolute atomic E-state index is 14.2. The van der Waals surface area contributed by atoms with Gasteiger partial charge in [-0.1, -0.05) is 0 Å². The SMILES string of the molecule is CN1CC(COc2cc(F)cc(C(CO)NC(=O)N3CCc4cc(Br)c(F)cc43)c2)C1. The van der Waals surface area contributed by atoms with Crippen LogP contribution in [0.3, 0.4) is 0 Å². The van der Waals surface area contributed by atoms with E-state index in [9.17, 15) is 18.7 Å². The van der Waals surface area contributed by atoms with Gasteiger partial charge in [0.25, 0.3) is 0 Å². The van der Waals surface area contributed by atoms with Crippen LogP contribution in [0.5, 0.6) is 5.75 Å². The Balaban J connectivity index is 1.46. The summed E-state index contributed by atoms with van der Waals surface area (Å²) in [5.41, 5.74) is 1.74. The van der Waals surface area contributed by atoms with Gasteiger partial charge < -0.3 is 20.1 Å². The minimum absolute atomic E-state index is 0.350. The summed E-state index contributed by atoms with van der Waals surface area (Å²) in [5, 5.41) is 12.6. The van der Waals surface area contributed by atoms with Gasteiger partial charge in [-0.05, 0) is 64.8 Å². The highest BCUT2D eigenvalue weighted by molar-refractivity contribution is 9.10. The molecule has 1 saturated heterocycles. The van der Waals surface area contributed by atoms with Crippen LogP contribution in [0.2, 0.25) is 0 Å². The van der Waals surface area contributed by atoms with E-state index in [2.05, 4.69) is 26.1 Å². The first-order valence-corrected chi connectivity index (χ1v) is 10.9. The zero-order chi connectivity index (χ0) is 22.1. The maximum atomic E-state index is 14.2. The molecule has 2 amide bonds. The number of amides is 2. The van der Waals surface area contributed by atoms with Crippen LogP contribution < -0.4 is 15.0 Å². The van der Waals surface area contributed by atoms with Crippen molar-refractivity contribution in [2.75, 3.05) is 44.8 Å². The fourth-order valence-electron chi connectivity index (χ4n) is 4.07. The minimum Gasteiger partial charge on any atom is -0.493 e. The number of hydrogen-bond acceptors (Lipinski definition) is 4. The van der Waals surface area contributed by atoms with Crippen LogP contribution in [0.4, 0.5) is 19.3 Å². The molecule has 31 heavy (non-hydrogen) atoms. The summed E-state index contributed by atoms with van der Waals surface area (Å²) < 4.78 is 34.2. The molecule has 4 rings (SSSR count). The zero-order valence-electron chi connectivity index (χ0n) is 17.1. The molecule has 2 aliphatic rings. The Labute approximate surface area is 187 Å². The number of carbonyl (C=O) groups excluding carboxylic acids is 1. The number of halogens is 3. The van der Waals surface area contributed by atoms with Crippen molar-refractivity contribution < 1.29 is 23.4 Å². The lowest BCUT2D eigenvalue weighted by molar-refractivity contribution is 0.0855. The van der Waals surface area contributed by atoms with Crippen molar-refractivity contribution in [2.45, 2.75) is 12.5 Å². The summed E-state index contributed by atoms with van der Waals surface area (Å²) in [7, 11) is 2.03. The van der Waals surface area contributed by atoms with Gasteiger partial charge in [0.1, 0.15) is 17.4 Å². The number of hydrogen-bond donors (Lipinski definition) is 2. The van der Waals surface area contributed by atoms with Crippen molar-refractivity contribution >= 4 is 27.6 Å². The van der Waals surface area contributed by atoms with Crippen LogP contribution in [-0.2, 0) is 6.42 Å². The number of fused-ring (bicyclic) bond motifs is 1. The molecule has 1 unspecified atom stereocenters. The average molecular weight is 496 g/mol.